The van der Waals surface area contributed by atoms with Crippen LogP contribution in [0, 0.1) is 5.92 Å². The molecule has 6 heteroatoms. The highest BCUT2D eigenvalue weighted by atomic mass is 19.4. The van der Waals surface area contributed by atoms with Gasteiger partial charge in [-0.05, 0) is 43.4 Å². The number of alkyl halides is 3. The molecular formula is C22H22F3NO2. The van der Waals surface area contributed by atoms with Crippen molar-refractivity contribution in [3.63, 3.8) is 0 Å². The van der Waals surface area contributed by atoms with Crippen LogP contribution in [0.2, 0.25) is 0 Å². The number of benzene rings is 2. The van der Waals surface area contributed by atoms with Gasteiger partial charge in [-0.2, -0.15) is 0 Å². The fourth-order valence-corrected chi connectivity index (χ4v) is 4.64. The zero-order valence-corrected chi connectivity index (χ0v) is 15.4. The monoisotopic (exact) mass is 389 g/mol. The number of Topliss-reactive ketones (excluding diaryl/α,β-unsaturated/α-hetero) is 1. The van der Waals surface area contributed by atoms with E-state index in [0.29, 0.717) is 24.9 Å². The molecule has 3 nitrogen and oxygen atoms in total. The van der Waals surface area contributed by atoms with E-state index in [1.54, 1.807) is 6.07 Å². The number of carbonyl (C=O) groups excluding carboxylic acids is 1. The SMILES string of the molecule is O=C(c1ccccc1OC(F)(F)F)C1CC2CCC(C1)N2Cc1ccccc1. The Labute approximate surface area is 162 Å². The van der Waals surface area contributed by atoms with Crippen molar-refractivity contribution < 1.29 is 22.7 Å². The summed E-state index contributed by atoms with van der Waals surface area (Å²) in [7, 11) is 0. The minimum absolute atomic E-state index is 0.0285. The number of ether oxygens (including phenoxy) is 1. The molecule has 2 aromatic rings. The third-order valence-corrected chi connectivity index (χ3v) is 5.84. The van der Waals surface area contributed by atoms with Crippen LogP contribution in [0.3, 0.4) is 0 Å². The van der Waals surface area contributed by atoms with Crippen LogP contribution < -0.4 is 4.74 Å². The van der Waals surface area contributed by atoms with Gasteiger partial charge in [0.2, 0.25) is 0 Å². The molecule has 0 aromatic heterocycles. The molecule has 2 aromatic carbocycles. The van der Waals surface area contributed by atoms with Crippen molar-refractivity contribution in [1.29, 1.82) is 0 Å². The van der Waals surface area contributed by atoms with Crippen LogP contribution in [0.5, 0.6) is 5.75 Å². The Kier molecular flexibility index (Phi) is 5.15. The van der Waals surface area contributed by atoms with Crippen LogP contribution in [-0.4, -0.2) is 29.1 Å². The summed E-state index contributed by atoms with van der Waals surface area (Å²) in [6.07, 6.45) is -1.39. The van der Waals surface area contributed by atoms with Crippen molar-refractivity contribution in [2.75, 3.05) is 0 Å². The topological polar surface area (TPSA) is 29.5 Å². The van der Waals surface area contributed by atoms with Gasteiger partial charge in [0.1, 0.15) is 5.75 Å². The number of ketones is 1. The third-order valence-electron chi connectivity index (χ3n) is 5.84. The molecule has 2 aliphatic heterocycles. The summed E-state index contributed by atoms with van der Waals surface area (Å²) >= 11 is 0. The summed E-state index contributed by atoms with van der Waals surface area (Å²) in [5.41, 5.74) is 1.27. The van der Waals surface area contributed by atoms with E-state index in [1.807, 2.05) is 18.2 Å². The number of hydrogen-bond acceptors (Lipinski definition) is 3. The fourth-order valence-electron chi connectivity index (χ4n) is 4.64. The van der Waals surface area contributed by atoms with Crippen molar-refractivity contribution in [1.82, 2.24) is 4.90 Å². The van der Waals surface area contributed by atoms with Crippen molar-refractivity contribution in [3.8, 4) is 5.75 Å². The lowest BCUT2D eigenvalue weighted by Gasteiger charge is -2.38. The smallest absolute Gasteiger partial charge is 0.405 e. The largest absolute Gasteiger partial charge is 0.573 e. The molecule has 28 heavy (non-hydrogen) atoms. The summed E-state index contributed by atoms with van der Waals surface area (Å²) in [6, 6.07) is 16.5. The predicted octanol–water partition coefficient (Wildman–Crippen LogP) is 5.21. The first kappa shape index (κ1) is 19.0. The van der Waals surface area contributed by atoms with Gasteiger partial charge in [0.25, 0.3) is 0 Å². The van der Waals surface area contributed by atoms with Crippen LogP contribution in [-0.2, 0) is 6.54 Å². The molecule has 0 saturated carbocycles. The number of hydrogen-bond donors (Lipinski definition) is 0. The van der Waals surface area contributed by atoms with Crippen LogP contribution in [0.15, 0.2) is 54.6 Å². The molecule has 2 fully saturated rings. The Morgan fingerprint density at radius 2 is 1.57 bits per heavy atom. The van der Waals surface area contributed by atoms with Crippen molar-refractivity contribution in [3.05, 3.63) is 65.7 Å². The van der Waals surface area contributed by atoms with E-state index in [4.69, 9.17) is 0 Å². The van der Waals surface area contributed by atoms with Crippen LogP contribution in [0.25, 0.3) is 0 Å². The number of para-hydroxylation sites is 1. The van der Waals surface area contributed by atoms with Crippen LogP contribution in [0.1, 0.15) is 41.6 Å². The number of carbonyl (C=O) groups is 1. The molecule has 2 bridgehead atoms. The molecule has 4 rings (SSSR count). The molecule has 0 aliphatic carbocycles. The average Bonchev–Trinajstić information content (AvgIpc) is 2.89. The van der Waals surface area contributed by atoms with E-state index in [0.717, 1.165) is 19.4 Å². The maximum atomic E-state index is 13.0. The van der Waals surface area contributed by atoms with Gasteiger partial charge in [-0.1, -0.05) is 42.5 Å². The number of nitrogens with zero attached hydrogens (tertiary/aromatic N) is 1. The molecule has 0 spiro atoms. The minimum Gasteiger partial charge on any atom is -0.405 e. The molecular weight excluding hydrogens is 367 g/mol. The van der Waals surface area contributed by atoms with Gasteiger partial charge in [-0.25, -0.2) is 0 Å². The molecule has 0 amide bonds. The van der Waals surface area contributed by atoms with Crippen molar-refractivity contribution >= 4 is 5.78 Å². The Morgan fingerprint density at radius 3 is 2.21 bits per heavy atom. The molecule has 2 atom stereocenters. The molecule has 0 radical (unpaired) electrons. The number of rotatable bonds is 5. The van der Waals surface area contributed by atoms with E-state index >= 15 is 0 Å². The summed E-state index contributed by atoms with van der Waals surface area (Å²) in [6.45, 7) is 0.852. The third kappa shape index (κ3) is 4.07. The standard InChI is InChI=1S/C22H22F3NO2/c23-22(24,25)28-20-9-5-4-8-19(20)21(27)16-12-17-10-11-18(13-16)26(17)14-15-6-2-1-3-7-15/h1-9,16-18H,10-14H2. The normalized spacial score (nSPS) is 24.9. The van der Waals surface area contributed by atoms with Crippen LogP contribution in [0.4, 0.5) is 13.2 Å². The van der Waals surface area contributed by atoms with Gasteiger partial charge in [0, 0.05) is 24.5 Å². The lowest BCUT2D eigenvalue weighted by Crippen LogP contribution is -2.44. The first-order valence-electron chi connectivity index (χ1n) is 9.59. The van der Waals surface area contributed by atoms with Gasteiger partial charge in [-0.3, -0.25) is 9.69 Å². The second-order valence-corrected chi connectivity index (χ2v) is 7.62. The average molecular weight is 389 g/mol. The van der Waals surface area contributed by atoms with Gasteiger partial charge >= 0.3 is 6.36 Å². The molecule has 2 aliphatic rings. The highest BCUT2D eigenvalue weighted by molar-refractivity contribution is 6.00. The summed E-state index contributed by atoms with van der Waals surface area (Å²) in [5.74, 6) is -0.905. The fraction of sp³-hybridized carbons (Fsp3) is 0.409. The van der Waals surface area contributed by atoms with E-state index < -0.39 is 12.1 Å². The quantitative estimate of drug-likeness (QED) is 0.658. The Balaban J connectivity index is 1.49. The Hall–Kier alpha value is -2.34. The Bertz CT molecular complexity index is 823. The molecule has 148 valence electrons. The lowest BCUT2D eigenvalue weighted by atomic mass is 9.84. The summed E-state index contributed by atoms with van der Waals surface area (Å²) in [5, 5.41) is 0. The minimum atomic E-state index is -4.81. The Morgan fingerprint density at radius 1 is 0.964 bits per heavy atom. The number of halogens is 3. The first-order valence-corrected chi connectivity index (χ1v) is 9.59. The van der Waals surface area contributed by atoms with Gasteiger partial charge in [-0.15, -0.1) is 13.2 Å². The van der Waals surface area contributed by atoms with Crippen molar-refractivity contribution in [2.24, 2.45) is 5.92 Å². The highest BCUT2D eigenvalue weighted by Gasteiger charge is 2.43. The van der Waals surface area contributed by atoms with Gasteiger partial charge < -0.3 is 4.74 Å². The predicted molar refractivity (Wildman–Crippen MR) is 99.0 cm³/mol. The van der Waals surface area contributed by atoms with Gasteiger partial charge in [0.15, 0.2) is 5.78 Å². The molecule has 2 saturated heterocycles. The zero-order chi connectivity index (χ0) is 19.7. The van der Waals surface area contributed by atoms with E-state index in [9.17, 15) is 18.0 Å². The second-order valence-electron chi connectivity index (χ2n) is 7.62. The van der Waals surface area contributed by atoms with E-state index in [1.165, 1.54) is 23.8 Å². The van der Waals surface area contributed by atoms with E-state index in [2.05, 4.69) is 21.8 Å². The first-order chi connectivity index (χ1) is 13.4. The van der Waals surface area contributed by atoms with E-state index in [-0.39, 0.29) is 17.3 Å². The lowest BCUT2D eigenvalue weighted by molar-refractivity contribution is -0.274. The summed E-state index contributed by atoms with van der Waals surface area (Å²) in [4.78, 5) is 15.5. The molecule has 0 N–H and O–H groups in total. The number of fused-ring (bicyclic) bond motifs is 2. The molecule has 2 heterocycles. The highest BCUT2D eigenvalue weighted by Crippen LogP contribution is 2.41. The zero-order valence-electron chi connectivity index (χ0n) is 15.4. The van der Waals surface area contributed by atoms with Crippen molar-refractivity contribution in [2.45, 2.75) is 50.7 Å². The maximum Gasteiger partial charge on any atom is 0.573 e. The number of piperidine rings is 1. The van der Waals surface area contributed by atoms with Gasteiger partial charge in [0.05, 0.1) is 5.56 Å². The van der Waals surface area contributed by atoms with Crippen LogP contribution >= 0.6 is 0 Å². The maximum absolute atomic E-state index is 13.0. The molecule has 2 unspecified atom stereocenters. The second kappa shape index (κ2) is 7.59. The summed E-state index contributed by atoms with van der Waals surface area (Å²) < 4.78 is 42.1.